The Hall–Kier alpha value is -1.60. The second-order valence-electron chi connectivity index (χ2n) is 6.68. The second-order valence-corrected chi connectivity index (χ2v) is 8.33. The second kappa shape index (κ2) is 8.48. The summed E-state index contributed by atoms with van der Waals surface area (Å²) in [6, 6.07) is 4.41. The van der Waals surface area contributed by atoms with Crippen LogP contribution in [0.15, 0.2) is 23.1 Å². The van der Waals surface area contributed by atoms with Gasteiger partial charge in [-0.05, 0) is 45.4 Å². The van der Waals surface area contributed by atoms with Crippen molar-refractivity contribution in [2.24, 2.45) is 0 Å². The first-order chi connectivity index (χ1) is 11.1. The van der Waals surface area contributed by atoms with Gasteiger partial charge in [0.05, 0.1) is 7.11 Å². The summed E-state index contributed by atoms with van der Waals surface area (Å²) in [4.78, 5) is 12.2. The lowest BCUT2D eigenvalue weighted by Gasteiger charge is -2.21. The van der Waals surface area contributed by atoms with Crippen LogP contribution in [-0.2, 0) is 10.0 Å². The number of hydrogen-bond donors (Lipinski definition) is 2. The number of hydrogen-bond acceptors (Lipinski definition) is 4. The summed E-state index contributed by atoms with van der Waals surface area (Å²) in [5.41, 5.74) is -0.344. The van der Waals surface area contributed by atoms with Crippen molar-refractivity contribution in [3.8, 4) is 5.75 Å². The minimum absolute atomic E-state index is 0.0406. The molecule has 1 aromatic rings. The molecule has 0 fully saturated rings. The summed E-state index contributed by atoms with van der Waals surface area (Å²) in [7, 11) is -2.40. The summed E-state index contributed by atoms with van der Waals surface area (Å²) in [6.45, 7) is 7.91. The fourth-order valence-corrected chi connectivity index (χ4v) is 3.78. The zero-order valence-corrected chi connectivity index (χ0v) is 15.9. The van der Waals surface area contributed by atoms with Gasteiger partial charge in [-0.1, -0.05) is 19.8 Å². The Morgan fingerprint density at radius 1 is 1.21 bits per heavy atom. The third kappa shape index (κ3) is 6.13. The van der Waals surface area contributed by atoms with Gasteiger partial charge in [-0.3, -0.25) is 4.79 Å². The zero-order valence-electron chi connectivity index (χ0n) is 15.1. The summed E-state index contributed by atoms with van der Waals surface area (Å²) in [5, 5.41) is 2.80. The van der Waals surface area contributed by atoms with Crippen LogP contribution in [0.1, 0.15) is 57.3 Å². The lowest BCUT2D eigenvalue weighted by molar-refractivity contribution is 0.0952. The van der Waals surface area contributed by atoms with E-state index in [9.17, 15) is 13.2 Å². The molecule has 1 rings (SSSR count). The number of sulfonamides is 1. The molecule has 0 saturated carbocycles. The average molecular weight is 356 g/mol. The van der Waals surface area contributed by atoms with E-state index < -0.39 is 15.6 Å². The van der Waals surface area contributed by atoms with Crippen LogP contribution in [-0.4, -0.2) is 33.5 Å². The maximum absolute atomic E-state index is 12.6. The van der Waals surface area contributed by atoms with Crippen molar-refractivity contribution in [3.63, 3.8) is 0 Å². The number of amides is 1. The number of methoxy groups -OCH3 is 1. The van der Waals surface area contributed by atoms with Crippen molar-refractivity contribution in [3.05, 3.63) is 23.8 Å². The molecule has 0 aliphatic rings. The molecule has 0 spiro atoms. The molecule has 0 heterocycles. The van der Waals surface area contributed by atoms with Crippen LogP contribution in [0, 0.1) is 0 Å². The highest BCUT2D eigenvalue weighted by Gasteiger charge is 2.26. The van der Waals surface area contributed by atoms with Gasteiger partial charge < -0.3 is 10.1 Å². The summed E-state index contributed by atoms with van der Waals surface area (Å²) < 4.78 is 32.9. The van der Waals surface area contributed by atoms with Crippen molar-refractivity contribution in [2.75, 3.05) is 13.7 Å². The standard InChI is InChI=1S/C17H28N2O4S/c1-6-7-8-11-18-16(20)13-9-10-14(23-5)15(12-13)24(21,22)19-17(2,3)4/h9-10,12,19H,6-8,11H2,1-5H3,(H,18,20). The predicted octanol–water partition coefficient (Wildman–Crippen LogP) is 2.69. The highest BCUT2D eigenvalue weighted by Crippen LogP contribution is 2.26. The van der Waals surface area contributed by atoms with E-state index in [1.54, 1.807) is 26.8 Å². The molecular weight excluding hydrogens is 328 g/mol. The SMILES string of the molecule is CCCCCNC(=O)c1ccc(OC)c(S(=O)(=O)NC(C)(C)C)c1. The van der Waals surface area contributed by atoms with Crippen LogP contribution >= 0.6 is 0 Å². The third-order valence-corrected chi connectivity index (χ3v) is 5.00. The average Bonchev–Trinajstić information content (AvgIpc) is 2.48. The van der Waals surface area contributed by atoms with Crippen molar-refractivity contribution < 1.29 is 17.9 Å². The largest absolute Gasteiger partial charge is 0.495 e. The van der Waals surface area contributed by atoms with Gasteiger partial charge in [-0.15, -0.1) is 0 Å². The Kier molecular flexibility index (Phi) is 7.23. The van der Waals surface area contributed by atoms with Crippen molar-refractivity contribution in [2.45, 2.75) is 57.4 Å². The molecule has 0 unspecified atom stereocenters. The zero-order chi connectivity index (χ0) is 18.4. The minimum atomic E-state index is -3.80. The molecule has 2 N–H and O–H groups in total. The van der Waals surface area contributed by atoms with Crippen LogP contribution in [0.4, 0.5) is 0 Å². The van der Waals surface area contributed by atoms with E-state index in [1.165, 1.54) is 19.2 Å². The molecule has 0 saturated heterocycles. The van der Waals surface area contributed by atoms with E-state index in [0.29, 0.717) is 12.1 Å². The molecule has 1 aromatic carbocycles. The number of carbonyl (C=O) groups is 1. The molecule has 0 radical (unpaired) electrons. The number of nitrogens with one attached hydrogen (secondary N) is 2. The number of rotatable bonds is 8. The van der Waals surface area contributed by atoms with E-state index in [4.69, 9.17) is 4.74 Å². The Bertz CT molecular complexity index is 664. The van der Waals surface area contributed by atoms with Crippen molar-refractivity contribution in [1.82, 2.24) is 10.0 Å². The number of benzene rings is 1. The van der Waals surface area contributed by atoms with Crippen LogP contribution in [0.25, 0.3) is 0 Å². The molecule has 0 bridgehead atoms. The van der Waals surface area contributed by atoms with Gasteiger partial charge in [0, 0.05) is 17.6 Å². The maximum Gasteiger partial charge on any atom is 0.251 e. The molecule has 136 valence electrons. The van der Waals surface area contributed by atoms with Gasteiger partial charge in [0.15, 0.2) is 0 Å². The van der Waals surface area contributed by atoms with Crippen LogP contribution < -0.4 is 14.8 Å². The van der Waals surface area contributed by atoms with Crippen molar-refractivity contribution >= 4 is 15.9 Å². The molecule has 0 atom stereocenters. The molecule has 0 aliphatic heterocycles. The van der Waals surface area contributed by atoms with Gasteiger partial charge in [0.2, 0.25) is 10.0 Å². The van der Waals surface area contributed by atoms with Gasteiger partial charge >= 0.3 is 0 Å². The highest BCUT2D eigenvalue weighted by molar-refractivity contribution is 7.89. The van der Waals surface area contributed by atoms with E-state index in [-0.39, 0.29) is 16.6 Å². The Labute approximate surface area is 145 Å². The van der Waals surface area contributed by atoms with E-state index in [2.05, 4.69) is 17.0 Å². The molecule has 24 heavy (non-hydrogen) atoms. The quantitative estimate of drug-likeness (QED) is 0.702. The lowest BCUT2D eigenvalue weighted by Crippen LogP contribution is -2.40. The molecule has 0 aromatic heterocycles. The van der Waals surface area contributed by atoms with Crippen LogP contribution in [0.2, 0.25) is 0 Å². The lowest BCUT2D eigenvalue weighted by atomic mass is 10.1. The molecule has 7 heteroatoms. The monoisotopic (exact) mass is 356 g/mol. The Morgan fingerprint density at radius 2 is 1.88 bits per heavy atom. The third-order valence-electron chi connectivity index (χ3n) is 3.22. The highest BCUT2D eigenvalue weighted by atomic mass is 32.2. The van der Waals surface area contributed by atoms with E-state index >= 15 is 0 Å². The van der Waals surface area contributed by atoms with Gasteiger partial charge in [-0.25, -0.2) is 13.1 Å². The molecule has 1 amide bonds. The topological polar surface area (TPSA) is 84.5 Å². The van der Waals surface area contributed by atoms with Crippen LogP contribution in [0.5, 0.6) is 5.75 Å². The Morgan fingerprint density at radius 3 is 2.42 bits per heavy atom. The maximum atomic E-state index is 12.6. The molecule has 0 aliphatic carbocycles. The summed E-state index contributed by atoms with van der Waals surface area (Å²) in [6.07, 6.45) is 3.01. The molecule has 6 nitrogen and oxygen atoms in total. The van der Waals surface area contributed by atoms with Crippen LogP contribution in [0.3, 0.4) is 0 Å². The summed E-state index contributed by atoms with van der Waals surface area (Å²) in [5.74, 6) is -0.0877. The summed E-state index contributed by atoms with van der Waals surface area (Å²) >= 11 is 0. The van der Waals surface area contributed by atoms with Gasteiger partial charge in [0.25, 0.3) is 5.91 Å². The number of carbonyl (C=O) groups excluding carboxylic acids is 1. The first-order valence-electron chi connectivity index (χ1n) is 8.11. The number of ether oxygens (including phenoxy) is 1. The number of unbranched alkanes of at least 4 members (excludes halogenated alkanes) is 2. The van der Waals surface area contributed by atoms with Gasteiger partial charge in [0.1, 0.15) is 10.6 Å². The van der Waals surface area contributed by atoms with Crippen molar-refractivity contribution in [1.29, 1.82) is 0 Å². The fraction of sp³-hybridized carbons (Fsp3) is 0.588. The Balaban J connectivity index is 3.06. The normalized spacial score (nSPS) is 12.0. The van der Waals surface area contributed by atoms with E-state index in [0.717, 1.165) is 19.3 Å². The van der Waals surface area contributed by atoms with E-state index in [1.807, 2.05) is 0 Å². The fourth-order valence-electron chi connectivity index (χ4n) is 2.17. The first kappa shape index (κ1) is 20.4. The smallest absolute Gasteiger partial charge is 0.251 e. The predicted molar refractivity (Wildman–Crippen MR) is 94.9 cm³/mol. The van der Waals surface area contributed by atoms with Gasteiger partial charge in [-0.2, -0.15) is 0 Å². The first-order valence-corrected chi connectivity index (χ1v) is 9.59. The molecular formula is C17H28N2O4S. The minimum Gasteiger partial charge on any atom is -0.495 e.